The molecule has 1 aromatic carbocycles. The summed E-state index contributed by atoms with van der Waals surface area (Å²) < 4.78 is 0. The molecule has 0 aliphatic carbocycles. The van der Waals surface area contributed by atoms with Gasteiger partial charge < -0.3 is 5.32 Å². The summed E-state index contributed by atoms with van der Waals surface area (Å²) >= 11 is 6.94. The van der Waals surface area contributed by atoms with Gasteiger partial charge in [-0.15, -0.1) is 11.3 Å². The van der Waals surface area contributed by atoms with E-state index in [1.807, 2.05) is 0 Å². The van der Waals surface area contributed by atoms with Gasteiger partial charge in [-0.1, -0.05) is 11.6 Å². The van der Waals surface area contributed by atoms with Crippen molar-refractivity contribution in [2.75, 3.05) is 10.6 Å². The van der Waals surface area contributed by atoms with Crippen LogP contribution in [-0.2, 0) is 9.59 Å². The van der Waals surface area contributed by atoms with Crippen LogP contribution >= 0.6 is 22.9 Å². The van der Waals surface area contributed by atoms with E-state index in [4.69, 9.17) is 11.6 Å². The molecule has 2 amide bonds. The molecule has 2 aromatic rings. The van der Waals surface area contributed by atoms with E-state index in [1.165, 1.54) is 17.5 Å². The van der Waals surface area contributed by atoms with Gasteiger partial charge in [0.25, 0.3) is 0 Å². The van der Waals surface area contributed by atoms with Gasteiger partial charge in [0.05, 0.1) is 0 Å². The molecule has 0 spiro atoms. The van der Waals surface area contributed by atoms with Crippen LogP contribution in [0.1, 0.15) is 0 Å². The molecule has 0 saturated heterocycles. The molecule has 1 aromatic heterocycles. The summed E-state index contributed by atoms with van der Waals surface area (Å²) in [6.45, 7) is 0. The molecule has 0 bridgehead atoms. The zero-order valence-electron chi connectivity index (χ0n) is 9.01. The second-order valence-electron chi connectivity index (χ2n) is 3.25. The minimum absolute atomic E-state index is 0.381. The molecular formula is C11H8ClN3O2S. The van der Waals surface area contributed by atoms with Gasteiger partial charge in [0.2, 0.25) is 0 Å². The summed E-state index contributed by atoms with van der Waals surface area (Å²) in [5.41, 5.74) is 0.499. The minimum Gasteiger partial charge on any atom is -0.318 e. The molecule has 0 fully saturated rings. The van der Waals surface area contributed by atoms with Gasteiger partial charge in [-0.05, 0) is 24.3 Å². The molecule has 1 heterocycles. The number of nitrogens with one attached hydrogen (secondary N) is 2. The number of carbonyl (C=O) groups excluding carboxylic acids is 2. The van der Waals surface area contributed by atoms with Crippen LogP contribution in [0, 0.1) is 0 Å². The van der Waals surface area contributed by atoms with Crippen molar-refractivity contribution in [3.8, 4) is 0 Å². The van der Waals surface area contributed by atoms with E-state index in [0.29, 0.717) is 15.8 Å². The Morgan fingerprint density at radius 2 is 1.78 bits per heavy atom. The number of carbonyl (C=O) groups is 2. The summed E-state index contributed by atoms with van der Waals surface area (Å²) in [6.07, 6.45) is 1.54. The number of nitrogens with zero attached hydrogens (tertiary/aromatic N) is 1. The van der Waals surface area contributed by atoms with E-state index >= 15 is 0 Å². The molecule has 2 N–H and O–H groups in total. The van der Waals surface area contributed by atoms with Gasteiger partial charge in [-0.2, -0.15) is 0 Å². The van der Waals surface area contributed by atoms with Gasteiger partial charge in [0.15, 0.2) is 5.13 Å². The smallest absolute Gasteiger partial charge is 0.315 e. The number of halogens is 1. The lowest BCUT2D eigenvalue weighted by molar-refractivity contribution is -0.132. The van der Waals surface area contributed by atoms with Crippen LogP contribution in [0.4, 0.5) is 10.8 Å². The van der Waals surface area contributed by atoms with Gasteiger partial charge >= 0.3 is 11.8 Å². The molecule has 0 radical (unpaired) electrons. The van der Waals surface area contributed by atoms with Crippen LogP contribution in [0.25, 0.3) is 0 Å². The third-order valence-corrected chi connectivity index (χ3v) is 2.90. The Hall–Kier alpha value is -1.92. The molecule has 7 heteroatoms. The van der Waals surface area contributed by atoms with Crippen molar-refractivity contribution in [2.24, 2.45) is 0 Å². The molecule has 0 unspecified atom stereocenters. The summed E-state index contributed by atoms with van der Waals surface area (Å²) in [7, 11) is 0. The van der Waals surface area contributed by atoms with Crippen LogP contribution in [0.2, 0.25) is 5.02 Å². The average molecular weight is 282 g/mol. The number of rotatable bonds is 2. The Morgan fingerprint density at radius 3 is 2.39 bits per heavy atom. The molecule has 2 rings (SSSR count). The van der Waals surface area contributed by atoms with Gasteiger partial charge in [0, 0.05) is 22.3 Å². The summed E-state index contributed by atoms with van der Waals surface area (Å²) in [6, 6.07) is 6.46. The predicted octanol–water partition coefficient (Wildman–Crippen LogP) is 2.37. The standard InChI is InChI=1S/C11H8ClN3O2S/c12-7-1-3-8(4-2-7)14-9(16)10(17)15-11-13-5-6-18-11/h1-6H,(H,14,16)(H,13,15,17). The van der Waals surface area contributed by atoms with Gasteiger partial charge in [0.1, 0.15) is 0 Å². The van der Waals surface area contributed by atoms with Crippen molar-refractivity contribution in [3.05, 3.63) is 40.9 Å². The number of amides is 2. The van der Waals surface area contributed by atoms with Crippen molar-refractivity contribution >= 4 is 45.6 Å². The van der Waals surface area contributed by atoms with Crippen LogP contribution in [0.3, 0.4) is 0 Å². The third-order valence-electron chi connectivity index (χ3n) is 1.96. The van der Waals surface area contributed by atoms with E-state index in [2.05, 4.69) is 15.6 Å². The average Bonchev–Trinajstić information content (AvgIpc) is 2.85. The van der Waals surface area contributed by atoms with Crippen LogP contribution in [0.15, 0.2) is 35.8 Å². The predicted molar refractivity (Wildman–Crippen MR) is 70.8 cm³/mol. The lowest BCUT2D eigenvalue weighted by atomic mass is 10.3. The Kier molecular flexibility index (Phi) is 3.91. The minimum atomic E-state index is -0.764. The largest absolute Gasteiger partial charge is 0.318 e. The maximum atomic E-state index is 11.5. The third kappa shape index (κ3) is 3.28. The summed E-state index contributed by atoms with van der Waals surface area (Å²) in [5, 5.41) is 7.47. The zero-order valence-corrected chi connectivity index (χ0v) is 10.6. The van der Waals surface area contributed by atoms with Gasteiger partial charge in [-0.3, -0.25) is 14.9 Å². The molecule has 0 atom stereocenters. The van der Waals surface area contributed by atoms with E-state index in [-0.39, 0.29) is 0 Å². The summed E-state index contributed by atoms with van der Waals surface area (Å²) in [5.74, 6) is -1.52. The Morgan fingerprint density at radius 1 is 1.11 bits per heavy atom. The van der Waals surface area contributed by atoms with E-state index < -0.39 is 11.8 Å². The van der Waals surface area contributed by atoms with E-state index in [9.17, 15) is 9.59 Å². The Bertz CT molecular complexity index is 554. The van der Waals surface area contributed by atoms with Gasteiger partial charge in [-0.25, -0.2) is 4.98 Å². The number of anilines is 2. The molecule has 0 aliphatic heterocycles. The molecule has 0 saturated carbocycles. The highest BCUT2D eigenvalue weighted by Gasteiger charge is 2.14. The molecule has 5 nitrogen and oxygen atoms in total. The highest BCUT2D eigenvalue weighted by atomic mass is 35.5. The second-order valence-corrected chi connectivity index (χ2v) is 4.58. The fourth-order valence-electron chi connectivity index (χ4n) is 1.16. The molecule has 92 valence electrons. The first-order valence-electron chi connectivity index (χ1n) is 4.92. The van der Waals surface area contributed by atoms with Crippen molar-refractivity contribution in [1.29, 1.82) is 0 Å². The fourth-order valence-corrected chi connectivity index (χ4v) is 1.81. The lowest BCUT2D eigenvalue weighted by Crippen LogP contribution is -2.28. The highest BCUT2D eigenvalue weighted by Crippen LogP contribution is 2.14. The Labute approximate surface area is 112 Å². The van der Waals surface area contributed by atoms with Crippen molar-refractivity contribution in [1.82, 2.24) is 4.98 Å². The SMILES string of the molecule is O=C(Nc1ccc(Cl)cc1)C(=O)Nc1nccs1. The number of benzene rings is 1. The quantitative estimate of drug-likeness (QED) is 0.830. The summed E-state index contributed by atoms with van der Waals surface area (Å²) in [4.78, 5) is 26.9. The number of thiazole rings is 1. The topological polar surface area (TPSA) is 71.1 Å². The first-order chi connectivity index (χ1) is 8.65. The normalized spacial score (nSPS) is 9.83. The maximum absolute atomic E-state index is 11.5. The molecule has 0 aliphatic rings. The Balaban J connectivity index is 1.95. The van der Waals surface area contributed by atoms with Crippen LogP contribution < -0.4 is 10.6 Å². The number of aromatic nitrogens is 1. The molecular weight excluding hydrogens is 274 g/mol. The lowest BCUT2D eigenvalue weighted by Gasteiger charge is -2.04. The zero-order chi connectivity index (χ0) is 13.0. The van der Waals surface area contributed by atoms with Crippen molar-refractivity contribution in [3.63, 3.8) is 0 Å². The van der Waals surface area contributed by atoms with Crippen molar-refractivity contribution in [2.45, 2.75) is 0 Å². The first kappa shape index (κ1) is 12.5. The number of hydrogen-bond donors (Lipinski definition) is 2. The molecule has 18 heavy (non-hydrogen) atoms. The number of hydrogen-bond acceptors (Lipinski definition) is 4. The monoisotopic (exact) mass is 281 g/mol. The van der Waals surface area contributed by atoms with E-state index in [0.717, 1.165) is 0 Å². The van der Waals surface area contributed by atoms with Crippen molar-refractivity contribution < 1.29 is 9.59 Å². The maximum Gasteiger partial charge on any atom is 0.315 e. The second kappa shape index (κ2) is 5.61. The highest BCUT2D eigenvalue weighted by molar-refractivity contribution is 7.13. The first-order valence-corrected chi connectivity index (χ1v) is 6.18. The van der Waals surface area contributed by atoms with E-state index in [1.54, 1.807) is 29.6 Å². The van der Waals surface area contributed by atoms with Crippen LogP contribution in [-0.4, -0.2) is 16.8 Å². The van der Waals surface area contributed by atoms with Crippen LogP contribution in [0.5, 0.6) is 0 Å². The fraction of sp³-hybridized carbons (Fsp3) is 0.